The number of aromatic amines is 1. The van der Waals surface area contributed by atoms with Gasteiger partial charge in [0.25, 0.3) is 5.56 Å². The highest BCUT2D eigenvalue weighted by Crippen LogP contribution is 2.21. The number of aromatic hydroxyl groups is 1. The van der Waals surface area contributed by atoms with Gasteiger partial charge in [-0.25, -0.2) is 22.5 Å². The summed E-state index contributed by atoms with van der Waals surface area (Å²) in [6.07, 6.45) is 0.582. The molecular formula is C24H19F3N4O4. The second-order valence-electron chi connectivity index (χ2n) is 7.90. The molecule has 4 rings (SSSR count). The number of amides is 1. The molecule has 0 aliphatic carbocycles. The minimum Gasteiger partial charge on any atom is -0.507 e. The summed E-state index contributed by atoms with van der Waals surface area (Å²) in [5.41, 5.74) is -1.60. The van der Waals surface area contributed by atoms with E-state index in [1.165, 1.54) is 37.3 Å². The number of rotatable bonds is 6. The average Bonchev–Trinajstić information content (AvgIpc) is 2.79. The van der Waals surface area contributed by atoms with E-state index in [9.17, 15) is 32.7 Å². The minimum atomic E-state index is -1.47. The number of nitrogens with one attached hydrogen (secondary N) is 2. The van der Waals surface area contributed by atoms with Gasteiger partial charge in [0.1, 0.15) is 34.6 Å². The molecule has 0 saturated carbocycles. The van der Waals surface area contributed by atoms with Crippen LogP contribution >= 0.6 is 0 Å². The third-order valence-electron chi connectivity index (χ3n) is 5.50. The van der Waals surface area contributed by atoms with E-state index in [-0.39, 0.29) is 23.0 Å². The molecule has 0 radical (unpaired) electrons. The van der Waals surface area contributed by atoms with E-state index in [2.05, 4.69) is 15.3 Å². The zero-order valence-electron chi connectivity index (χ0n) is 18.3. The molecule has 0 aliphatic heterocycles. The first-order chi connectivity index (χ1) is 16.7. The number of carbonyl (C=O) groups is 1. The Kier molecular flexibility index (Phi) is 6.41. The number of halogens is 3. The summed E-state index contributed by atoms with van der Waals surface area (Å²) in [5.74, 6) is -3.66. The van der Waals surface area contributed by atoms with Crippen molar-refractivity contribution in [3.63, 3.8) is 0 Å². The maximum Gasteiger partial charge on any atom is 0.329 e. The zero-order chi connectivity index (χ0) is 25.3. The fraction of sp³-hybridized carbons (Fsp3) is 0.167. The van der Waals surface area contributed by atoms with Crippen molar-refractivity contribution in [2.45, 2.75) is 25.4 Å². The molecule has 11 heteroatoms. The topological polar surface area (TPSA) is 117 Å². The first-order valence-electron chi connectivity index (χ1n) is 10.5. The van der Waals surface area contributed by atoms with Crippen LogP contribution in [0.15, 0.2) is 64.3 Å². The van der Waals surface area contributed by atoms with E-state index < -0.39 is 52.4 Å². The van der Waals surface area contributed by atoms with Crippen LogP contribution in [-0.2, 0) is 11.2 Å². The van der Waals surface area contributed by atoms with Crippen molar-refractivity contribution >= 4 is 16.8 Å². The van der Waals surface area contributed by atoms with Crippen LogP contribution < -0.4 is 16.6 Å². The molecule has 2 aromatic heterocycles. The Morgan fingerprint density at radius 3 is 2.51 bits per heavy atom. The van der Waals surface area contributed by atoms with Crippen molar-refractivity contribution in [3.05, 3.63) is 104 Å². The van der Waals surface area contributed by atoms with E-state index in [1.54, 1.807) is 0 Å². The van der Waals surface area contributed by atoms with Gasteiger partial charge in [0.15, 0.2) is 0 Å². The number of nitrogens with zero attached hydrogens (tertiary/aromatic N) is 2. The number of phenolic OH excluding ortho intramolecular Hbond substituents is 1. The number of carbonyl (C=O) groups excluding carboxylic acids is 1. The summed E-state index contributed by atoms with van der Waals surface area (Å²) < 4.78 is 41.4. The van der Waals surface area contributed by atoms with E-state index in [0.29, 0.717) is 16.2 Å². The van der Waals surface area contributed by atoms with Crippen LogP contribution in [0.1, 0.15) is 30.3 Å². The zero-order valence-corrected chi connectivity index (χ0v) is 18.3. The van der Waals surface area contributed by atoms with Crippen LogP contribution in [0.5, 0.6) is 5.75 Å². The van der Waals surface area contributed by atoms with Crippen LogP contribution in [-0.4, -0.2) is 25.5 Å². The molecular weight excluding hydrogens is 465 g/mol. The second kappa shape index (κ2) is 9.45. The number of hydrogen-bond acceptors (Lipinski definition) is 5. The van der Waals surface area contributed by atoms with Crippen molar-refractivity contribution in [1.82, 2.24) is 19.9 Å². The molecule has 0 spiro atoms. The lowest BCUT2D eigenvalue weighted by Gasteiger charge is -2.22. The lowest BCUT2D eigenvalue weighted by atomic mass is 10.0. The fourth-order valence-electron chi connectivity index (χ4n) is 3.81. The molecule has 8 nitrogen and oxygen atoms in total. The molecule has 3 N–H and O–H groups in total. The Morgan fingerprint density at radius 2 is 1.83 bits per heavy atom. The Morgan fingerprint density at radius 1 is 1.11 bits per heavy atom. The SMILES string of the molecule is C[C@H](NC(=O)[C@H](Cc1ccc(F)cc1)n1c(=O)[nH]c2cccc(O)c2c1=O)c1ncc(F)cc1F. The van der Waals surface area contributed by atoms with E-state index in [1.807, 2.05) is 0 Å². The molecule has 4 aromatic rings. The minimum absolute atomic E-state index is 0.0724. The van der Waals surface area contributed by atoms with Gasteiger partial charge in [0, 0.05) is 12.5 Å². The highest BCUT2D eigenvalue weighted by atomic mass is 19.1. The van der Waals surface area contributed by atoms with E-state index in [4.69, 9.17) is 0 Å². The normalized spacial score (nSPS) is 12.9. The molecule has 35 heavy (non-hydrogen) atoms. The molecule has 2 aromatic carbocycles. The highest BCUT2D eigenvalue weighted by Gasteiger charge is 2.28. The van der Waals surface area contributed by atoms with Crippen LogP contribution in [0.3, 0.4) is 0 Å². The predicted molar refractivity (Wildman–Crippen MR) is 120 cm³/mol. The fourth-order valence-corrected chi connectivity index (χ4v) is 3.81. The maximum absolute atomic E-state index is 14.2. The van der Waals surface area contributed by atoms with Gasteiger partial charge in [0.05, 0.1) is 23.4 Å². The highest BCUT2D eigenvalue weighted by molar-refractivity contribution is 5.85. The van der Waals surface area contributed by atoms with Crippen molar-refractivity contribution in [2.24, 2.45) is 0 Å². The Bertz CT molecular complexity index is 1530. The Balaban J connectivity index is 1.79. The maximum atomic E-state index is 14.2. The number of hydrogen-bond donors (Lipinski definition) is 3. The van der Waals surface area contributed by atoms with Crippen molar-refractivity contribution in [3.8, 4) is 5.75 Å². The van der Waals surface area contributed by atoms with Gasteiger partial charge in [-0.15, -0.1) is 0 Å². The summed E-state index contributed by atoms with van der Waals surface area (Å²) in [7, 11) is 0. The van der Waals surface area contributed by atoms with Crippen LogP contribution in [0.2, 0.25) is 0 Å². The lowest BCUT2D eigenvalue weighted by Crippen LogP contribution is -2.46. The van der Waals surface area contributed by atoms with Crippen LogP contribution in [0, 0.1) is 17.5 Å². The second-order valence-corrected chi connectivity index (χ2v) is 7.90. The molecule has 1 amide bonds. The van der Waals surface area contributed by atoms with E-state index >= 15 is 0 Å². The number of aromatic nitrogens is 3. The average molecular weight is 484 g/mol. The smallest absolute Gasteiger partial charge is 0.329 e. The molecule has 2 atom stereocenters. The van der Waals surface area contributed by atoms with Gasteiger partial charge in [-0.3, -0.25) is 14.6 Å². The van der Waals surface area contributed by atoms with E-state index in [0.717, 1.165) is 18.3 Å². The standard InChI is InChI=1S/C24H19F3N4O4/c1-12(21-16(27)10-15(26)11-28-21)29-22(33)18(9-13-5-7-14(25)8-6-13)31-23(34)20-17(30-24(31)35)3-2-4-19(20)32/h2-8,10-12,18,32H,9H2,1H3,(H,29,33)(H,30,35)/t12-,18-/m0/s1. The third-order valence-corrected chi connectivity index (χ3v) is 5.50. The van der Waals surface area contributed by atoms with Gasteiger partial charge in [-0.05, 0) is 36.8 Å². The molecule has 2 heterocycles. The van der Waals surface area contributed by atoms with Crippen LogP contribution in [0.4, 0.5) is 13.2 Å². The Hall–Kier alpha value is -4.41. The molecule has 0 saturated heterocycles. The van der Waals surface area contributed by atoms with Gasteiger partial charge in [0.2, 0.25) is 5.91 Å². The first kappa shape index (κ1) is 23.7. The number of fused-ring (bicyclic) bond motifs is 1. The summed E-state index contributed by atoms with van der Waals surface area (Å²) in [4.78, 5) is 45.6. The quantitative estimate of drug-likeness (QED) is 0.389. The predicted octanol–water partition coefficient (Wildman–Crippen LogP) is 2.87. The van der Waals surface area contributed by atoms with Gasteiger partial charge in [-0.1, -0.05) is 18.2 Å². The molecule has 0 aliphatic rings. The summed E-state index contributed by atoms with van der Waals surface area (Å²) in [6.45, 7) is 1.40. The largest absolute Gasteiger partial charge is 0.507 e. The number of phenols is 1. The lowest BCUT2D eigenvalue weighted by molar-refractivity contribution is -0.125. The number of benzene rings is 2. The molecule has 0 unspecified atom stereocenters. The van der Waals surface area contributed by atoms with Crippen molar-refractivity contribution in [1.29, 1.82) is 0 Å². The molecule has 180 valence electrons. The summed E-state index contributed by atoms with van der Waals surface area (Å²) in [5, 5.41) is 12.5. The first-order valence-corrected chi connectivity index (χ1v) is 10.5. The van der Waals surface area contributed by atoms with Crippen LogP contribution in [0.25, 0.3) is 10.9 Å². The molecule has 0 fully saturated rings. The van der Waals surface area contributed by atoms with Gasteiger partial charge in [-0.2, -0.15) is 0 Å². The van der Waals surface area contributed by atoms with Gasteiger partial charge >= 0.3 is 5.69 Å². The Labute approximate surface area is 195 Å². The summed E-state index contributed by atoms with van der Waals surface area (Å²) >= 11 is 0. The van der Waals surface area contributed by atoms with Gasteiger partial charge < -0.3 is 15.4 Å². The number of H-pyrrole nitrogens is 1. The van der Waals surface area contributed by atoms with Crippen molar-refractivity contribution in [2.75, 3.05) is 0 Å². The number of pyridine rings is 1. The summed E-state index contributed by atoms with van der Waals surface area (Å²) in [6, 6.07) is 7.29. The third kappa shape index (κ3) is 4.79. The molecule has 0 bridgehead atoms. The van der Waals surface area contributed by atoms with Crippen molar-refractivity contribution < 1.29 is 23.1 Å². The monoisotopic (exact) mass is 484 g/mol.